The van der Waals surface area contributed by atoms with E-state index in [1.165, 1.54) is 24.3 Å². The summed E-state index contributed by atoms with van der Waals surface area (Å²) in [4.78, 5) is 18.7. The smallest absolute Gasteiger partial charge is 0.319 e. The molecule has 0 aliphatic carbocycles. The van der Waals surface area contributed by atoms with Crippen LogP contribution >= 0.6 is 0 Å². The van der Waals surface area contributed by atoms with E-state index in [4.69, 9.17) is 20.9 Å². The molecule has 3 atom stereocenters. The van der Waals surface area contributed by atoms with Gasteiger partial charge in [0.05, 0.1) is 22.8 Å². The number of nitrogens with zero attached hydrogens (tertiary/aromatic N) is 5. The van der Waals surface area contributed by atoms with Gasteiger partial charge in [0.25, 0.3) is 0 Å². The number of phenols is 1. The van der Waals surface area contributed by atoms with Crippen molar-refractivity contribution in [1.29, 1.82) is 0 Å². The van der Waals surface area contributed by atoms with Crippen LogP contribution in [0, 0.1) is 29.9 Å². The Balaban J connectivity index is 1.18. The number of aromatic hydroxyl groups is 1. The van der Waals surface area contributed by atoms with Crippen LogP contribution in [0.3, 0.4) is 0 Å². The minimum atomic E-state index is -0.762. The van der Waals surface area contributed by atoms with Crippen molar-refractivity contribution < 1.29 is 27.8 Å². The van der Waals surface area contributed by atoms with E-state index >= 15 is 4.39 Å². The maximum atomic E-state index is 17.1. The molecule has 4 aromatic rings. The van der Waals surface area contributed by atoms with E-state index in [-0.39, 0.29) is 63.2 Å². The predicted molar refractivity (Wildman–Crippen MR) is 187 cm³/mol. The van der Waals surface area contributed by atoms with Gasteiger partial charge in [0, 0.05) is 61.6 Å². The molecule has 5 aliphatic heterocycles. The minimum absolute atomic E-state index is 0.00214. The molecule has 0 saturated carbocycles. The lowest BCUT2D eigenvalue weighted by atomic mass is 9.77. The van der Waals surface area contributed by atoms with Gasteiger partial charge in [-0.3, -0.25) is 9.88 Å². The van der Waals surface area contributed by atoms with Crippen molar-refractivity contribution in [2.75, 3.05) is 50.9 Å². The molecule has 5 saturated heterocycles. The fourth-order valence-corrected chi connectivity index (χ4v) is 9.70. The van der Waals surface area contributed by atoms with Crippen LogP contribution in [0.5, 0.6) is 11.8 Å². The fraction of sp³-hybridized carbons (Fsp3) is 0.462. The molecule has 12 heteroatoms. The highest BCUT2D eigenvalue weighted by molar-refractivity contribution is 6.03. The molecular weight excluding hydrogens is 657 g/mol. The molecule has 2 N–H and O–H groups in total. The molecule has 0 amide bonds. The molecule has 0 unspecified atom stereocenters. The number of benzene rings is 2. The van der Waals surface area contributed by atoms with Gasteiger partial charge in [0.2, 0.25) is 0 Å². The molecule has 2 aromatic carbocycles. The second kappa shape index (κ2) is 12.4. The lowest BCUT2D eigenvalue weighted by Crippen LogP contribution is -2.63. The van der Waals surface area contributed by atoms with Gasteiger partial charge >= 0.3 is 6.01 Å². The zero-order valence-electron chi connectivity index (χ0n) is 28.2. The molecule has 9 rings (SSSR count). The predicted octanol–water partition coefficient (Wildman–Crippen LogP) is 6.02. The average molecular weight is 697 g/mol. The third-order valence-corrected chi connectivity index (χ3v) is 12.1. The van der Waals surface area contributed by atoms with E-state index < -0.39 is 11.6 Å². The van der Waals surface area contributed by atoms with E-state index in [1.54, 1.807) is 6.20 Å². The number of halogens is 3. The fourth-order valence-electron chi connectivity index (χ4n) is 9.70. The molecule has 2 bridgehead atoms. The zero-order valence-corrected chi connectivity index (χ0v) is 28.2. The zero-order chi connectivity index (χ0) is 34.9. The largest absolute Gasteiger partial charge is 0.508 e. The third kappa shape index (κ3) is 5.31. The number of fused-ring (bicyclic) bond motifs is 5. The van der Waals surface area contributed by atoms with Crippen molar-refractivity contribution in [3.05, 3.63) is 59.6 Å². The first-order valence-corrected chi connectivity index (χ1v) is 17.8. The number of pyridine rings is 1. The van der Waals surface area contributed by atoms with Crippen LogP contribution < -0.4 is 15.0 Å². The van der Waals surface area contributed by atoms with Gasteiger partial charge in [-0.05, 0) is 86.6 Å². The number of ether oxygens (including phenoxy) is 2. The summed E-state index contributed by atoms with van der Waals surface area (Å²) in [5.41, 5.74) is 0.188. The minimum Gasteiger partial charge on any atom is -0.508 e. The van der Waals surface area contributed by atoms with E-state index in [1.807, 2.05) is 0 Å². The molecule has 7 heterocycles. The molecular formula is C39H39F3N6O3. The molecule has 5 aliphatic rings. The van der Waals surface area contributed by atoms with Crippen LogP contribution in [0.4, 0.5) is 19.0 Å². The third-order valence-electron chi connectivity index (χ3n) is 12.1. The van der Waals surface area contributed by atoms with Gasteiger partial charge in [0.15, 0.2) is 5.82 Å². The van der Waals surface area contributed by atoms with E-state index in [9.17, 15) is 13.9 Å². The number of aromatic nitrogens is 3. The van der Waals surface area contributed by atoms with Crippen molar-refractivity contribution in [3.8, 4) is 35.4 Å². The summed E-state index contributed by atoms with van der Waals surface area (Å²) in [6.45, 7) is 4.45. The Labute approximate surface area is 293 Å². The monoisotopic (exact) mass is 696 g/mol. The quantitative estimate of drug-likeness (QED) is 0.235. The first-order chi connectivity index (χ1) is 24.8. The summed E-state index contributed by atoms with van der Waals surface area (Å²) >= 11 is 0. The number of piperazine rings is 1. The highest BCUT2D eigenvalue weighted by atomic mass is 19.1. The van der Waals surface area contributed by atoms with Crippen LogP contribution in [-0.2, 0) is 4.74 Å². The number of anilines is 1. The summed E-state index contributed by atoms with van der Waals surface area (Å²) in [5, 5.41) is 15.7. The maximum Gasteiger partial charge on any atom is 0.319 e. The van der Waals surface area contributed by atoms with E-state index in [0.29, 0.717) is 54.9 Å². The molecule has 0 radical (unpaired) electrons. The molecule has 2 aromatic heterocycles. The number of hydrogen-bond acceptors (Lipinski definition) is 9. The van der Waals surface area contributed by atoms with Crippen LogP contribution in [0.1, 0.15) is 50.5 Å². The molecule has 5 fully saturated rings. The lowest BCUT2D eigenvalue weighted by molar-refractivity contribution is 0.0308. The molecule has 9 nitrogen and oxygen atoms in total. The van der Waals surface area contributed by atoms with E-state index in [2.05, 4.69) is 31.0 Å². The van der Waals surface area contributed by atoms with Crippen molar-refractivity contribution in [3.63, 3.8) is 0 Å². The van der Waals surface area contributed by atoms with Crippen LogP contribution in [0.15, 0.2) is 42.4 Å². The van der Waals surface area contributed by atoms with Crippen molar-refractivity contribution in [1.82, 2.24) is 25.2 Å². The Bertz CT molecular complexity index is 2130. The normalized spacial score (nSPS) is 27.5. The first kappa shape index (κ1) is 32.5. The number of rotatable bonds is 6. The van der Waals surface area contributed by atoms with Gasteiger partial charge < -0.3 is 24.8 Å². The van der Waals surface area contributed by atoms with Crippen molar-refractivity contribution in [2.45, 2.75) is 62.1 Å². The summed E-state index contributed by atoms with van der Waals surface area (Å²) in [6.07, 6.45) is 14.4. The van der Waals surface area contributed by atoms with Gasteiger partial charge in [-0.15, -0.1) is 6.42 Å². The molecule has 0 spiro atoms. The average Bonchev–Trinajstić information content (AvgIpc) is 3.81. The summed E-state index contributed by atoms with van der Waals surface area (Å²) < 4.78 is 57.9. The Kier molecular flexibility index (Phi) is 7.87. The van der Waals surface area contributed by atoms with Crippen LogP contribution in [0.25, 0.3) is 32.9 Å². The Hall–Kier alpha value is -4.44. The number of nitrogens with one attached hydrogen (secondary N) is 1. The van der Waals surface area contributed by atoms with Crippen LogP contribution in [-0.4, -0.2) is 88.1 Å². The van der Waals surface area contributed by atoms with Gasteiger partial charge in [0.1, 0.15) is 35.2 Å². The van der Waals surface area contributed by atoms with E-state index in [0.717, 1.165) is 63.9 Å². The standard InChI is InChI=1S/C39H39F3N6O3/c1-2-28-31(41)5-4-24-14-27(49)15-29(32(24)28)34-33(42)35-30(18-43-34)36(47-20-26-6-10-39(21-47,46-26)25-7-12-50-13-8-25)45-37(44-35)51-22-38-9-3-11-48(38)19-23(16-38)17-40/h1,4-5,14-15,17-18,25-26,46,49H,3,6-13,16,19-22H2/b23-17-/t26-,38-,39+/m0/s1. The molecule has 51 heavy (non-hydrogen) atoms. The highest BCUT2D eigenvalue weighted by Gasteiger charge is 2.50. The Morgan fingerprint density at radius 1 is 1.16 bits per heavy atom. The Morgan fingerprint density at radius 2 is 2.02 bits per heavy atom. The number of terminal acetylenes is 1. The lowest BCUT2D eigenvalue weighted by Gasteiger charge is -2.47. The van der Waals surface area contributed by atoms with Gasteiger partial charge in [-0.25, -0.2) is 13.2 Å². The first-order valence-electron chi connectivity index (χ1n) is 17.8. The molecule has 264 valence electrons. The van der Waals surface area contributed by atoms with Crippen molar-refractivity contribution >= 4 is 27.5 Å². The SMILES string of the molecule is C#Cc1c(F)ccc2cc(O)cc(-c3ncc4c(N5C[C@@H]6CC[C@](C7CCOCC7)(C5)N6)nc(OC[C@@]56CCCN5C/C(=C\F)C6)nc4c3F)c12. The van der Waals surface area contributed by atoms with Crippen LogP contribution in [0.2, 0.25) is 0 Å². The second-order valence-corrected chi connectivity index (χ2v) is 15.0. The number of hydrogen-bond donors (Lipinski definition) is 2. The number of phenolic OH excluding ortho intramolecular Hbond substituents is 1. The summed E-state index contributed by atoms with van der Waals surface area (Å²) in [7, 11) is 0. The highest BCUT2D eigenvalue weighted by Crippen LogP contribution is 2.45. The second-order valence-electron chi connectivity index (χ2n) is 15.0. The summed E-state index contributed by atoms with van der Waals surface area (Å²) in [6, 6.07) is 5.77. The maximum absolute atomic E-state index is 17.1. The van der Waals surface area contributed by atoms with Gasteiger partial charge in [-0.2, -0.15) is 9.97 Å². The summed E-state index contributed by atoms with van der Waals surface area (Å²) in [5.74, 6) is 1.82. The van der Waals surface area contributed by atoms with Gasteiger partial charge in [-0.1, -0.05) is 12.0 Å². The Morgan fingerprint density at radius 3 is 2.84 bits per heavy atom. The topological polar surface area (TPSA) is 95.9 Å². The van der Waals surface area contributed by atoms with Crippen molar-refractivity contribution in [2.24, 2.45) is 5.92 Å².